The molecule has 6 heteroatoms. The Balaban J connectivity index is 1.99. The molecule has 0 fully saturated rings. The minimum Gasteiger partial charge on any atom is -0.472 e. The van der Waals surface area contributed by atoms with Crippen LogP contribution in [-0.2, 0) is 23.1 Å². The molecule has 0 unspecified atom stereocenters. The van der Waals surface area contributed by atoms with Crippen molar-refractivity contribution in [1.82, 2.24) is 10.0 Å². The molecule has 1 aromatic heterocycles. The Morgan fingerprint density at radius 3 is 2.33 bits per heavy atom. The van der Waals surface area contributed by atoms with E-state index in [9.17, 15) is 8.42 Å². The fourth-order valence-corrected chi connectivity index (χ4v) is 2.78. The van der Waals surface area contributed by atoms with E-state index in [1.807, 2.05) is 12.1 Å². The number of benzene rings is 1. The first-order valence-electron chi connectivity index (χ1n) is 6.80. The fraction of sp³-hybridized carbons (Fsp3) is 0.333. The summed E-state index contributed by atoms with van der Waals surface area (Å²) in [6, 6.07) is 9.00. The number of furan rings is 1. The van der Waals surface area contributed by atoms with Crippen molar-refractivity contribution in [2.45, 2.75) is 37.9 Å². The van der Waals surface area contributed by atoms with Crippen molar-refractivity contribution in [3.8, 4) is 0 Å². The lowest BCUT2D eigenvalue weighted by atomic mass is 10.2. The van der Waals surface area contributed by atoms with Crippen LogP contribution in [0.2, 0.25) is 0 Å². The third-order valence-electron chi connectivity index (χ3n) is 2.99. The first kappa shape index (κ1) is 15.8. The maximum atomic E-state index is 12.1. The highest BCUT2D eigenvalue weighted by Gasteiger charge is 2.13. The van der Waals surface area contributed by atoms with E-state index >= 15 is 0 Å². The molecule has 0 atom stereocenters. The summed E-state index contributed by atoms with van der Waals surface area (Å²) >= 11 is 0. The minimum atomic E-state index is -3.50. The van der Waals surface area contributed by atoms with E-state index in [2.05, 4.69) is 23.9 Å². The van der Waals surface area contributed by atoms with Crippen LogP contribution in [0.4, 0.5) is 0 Å². The first-order valence-corrected chi connectivity index (χ1v) is 8.29. The van der Waals surface area contributed by atoms with Gasteiger partial charge in [-0.3, -0.25) is 0 Å². The van der Waals surface area contributed by atoms with Gasteiger partial charge in [-0.05, 0) is 23.8 Å². The van der Waals surface area contributed by atoms with Gasteiger partial charge >= 0.3 is 0 Å². The maximum absolute atomic E-state index is 12.1. The van der Waals surface area contributed by atoms with Gasteiger partial charge in [0, 0.05) is 24.7 Å². The molecule has 2 rings (SSSR count). The van der Waals surface area contributed by atoms with Crippen LogP contribution in [0.15, 0.2) is 52.2 Å². The summed E-state index contributed by atoms with van der Waals surface area (Å²) in [4.78, 5) is 0.263. The van der Waals surface area contributed by atoms with Gasteiger partial charge in [-0.25, -0.2) is 13.1 Å². The average Bonchev–Trinajstić information content (AvgIpc) is 2.97. The van der Waals surface area contributed by atoms with Crippen LogP contribution in [0.5, 0.6) is 0 Å². The topological polar surface area (TPSA) is 71.3 Å². The molecule has 5 nitrogen and oxygen atoms in total. The molecular weight excluding hydrogens is 288 g/mol. The molecule has 0 bridgehead atoms. The minimum absolute atomic E-state index is 0.218. The molecule has 0 aliphatic heterocycles. The third-order valence-corrected chi connectivity index (χ3v) is 4.41. The van der Waals surface area contributed by atoms with Crippen LogP contribution in [0, 0.1) is 0 Å². The van der Waals surface area contributed by atoms with Gasteiger partial charge in [-0.2, -0.15) is 0 Å². The Morgan fingerprint density at radius 2 is 1.76 bits per heavy atom. The smallest absolute Gasteiger partial charge is 0.240 e. The molecule has 0 radical (unpaired) electrons. The van der Waals surface area contributed by atoms with Gasteiger partial charge in [0.15, 0.2) is 0 Å². The zero-order valence-corrected chi connectivity index (χ0v) is 13.0. The number of rotatable bonds is 7. The van der Waals surface area contributed by atoms with E-state index in [-0.39, 0.29) is 11.4 Å². The van der Waals surface area contributed by atoms with Crippen LogP contribution >= 0.6 is 0 Å². The SMILES string of the molecule is CC(C)NCc1ccc(S(=O)(=O)NCc2ccoc2)cc1. The molecule has 0 saturated heterocycles. The molecule has 0 amide bonds. The predicted octanol–water partition coefficient (Wildman–Crippen LogP) is 2.26. The van der Waals surface area contributed by atoms with Crippen LogP contribution < -0.4 is 10.0 Å². The lowest BCUT2D eigenvalue weighted by Gasteiger charge is -2.09. The van der Waals surface area contributed by atoms with Crippen LogP contribution in [-0.4, -0.2) is 14.5 Å². The monoisotopic (exact) mass is 308 g/mol. The van der Waals surface area contributed by atoms with E-state index in [1.165, 1.54) is 12.5 Å². The Labute approximate surface area is 125 Å². The van der Waals surface area contributed by atoms with Gasteiger partial charge in [0.05, 0.1) is 17.4 Å². The zero-order valence-electron chi connectivity index (χ0n) is 12.2. The largest absolute Gasteiger partial charge is 0.472 e. The van der Waals surface area contributed by atoms with Crippen molar-refractivity contribution >= 4 is 10.0 Å². The molecule has 0 aliphatic rings. The van der Waals surface area contributed by atoms with E-state index < -0.39 is 10.0 Å². The highest BCUT2D eigenvalue weighted by atomic mass is 32.2. The van der Waals surface area contributed by atoms with Gasteiger partial charge in [-0.15, -0.1) is 0 Å². The highest BCUT2D eigenvalue weighted by molar-refractivity contribution is 7.89. The van der Waals surface area contributed by atoms with Gasteiger partial charge < -0.3 is 9.73 Å². The molecule has 21 heavy (non-hydrogen) atoms. The molecule has 2 N–H and O–H groups in total. The Hall–Kier alpha value is -1.63. The maximum Gasteiger partial charge on any atom is 0.240 e. The molecule has 1 heterocycles. The second-order valence-corrected chi connectivity index (χ2v) is 6.90. The lowest BCUT2D eigenvalue weighted by Crippen LogP contribution is -2.23. The van der Waals surface area contributed by atoms with Gasteiger partial charge in [0.1, 0.15) is 0 Å². The summed E-state index contributed by atoms with van der Waals surface area (Å²) in [5.41, 5.74) is 1.84. The Kier molecular flexibility index (Phi) is 5.17. The van der Waals surface area contributed by atoms with Crippen LogP contribution in [0.25, 0.3) is 0 Å². The lowest BCUT2D eigenvalue weighted by molar-refractivity contribution is 0.561. The highest BCUT2D eigenvalue weighted by Crippen LogP contribution is 2.11. The normalized spacial score (nSPS) is 12.0. The molecule has 0 saturated carbocycles. The fourth-order valence-electron chi connectivity index (χ4n) is 1.76. The van der Waals surface area contributed by atoms with Crippen molar-refractivity contribution < 1.29 is 12.8 Å². The Morgan fingerprint density at radius 1 is 1.05 bits per heavy atom. The summed E-state index contributed by atoms with van der Waals surface area (Å²) in [6.45, 7) is 5.08. The third kappa shape index (κ3) is 4.70. The number of hydrogen-bond donors (Lipinski definition) is 2. The van der Waals surface area contributed by atoms with E-state index in [0.29, 0.717) is 6.04 Å². The van der Waals surface area contributed by atoms with Gasteiger partial charge in [0.2, 0.25) is 10.0 Å². The number of hydrogen-bond acceptors (Lipinski definition) is 4. The standard InChI is InChI=1S/C15H20N2O3S/c1-12(2)16-9-13-3-5-15(6-4-13)21(18,19)17-10-14-7-8-20-11-14/h3-8,11-12,16-17H,9-10H2,1-2H3. The zero-order chi connectivity index (χ0) is 15.3. The van der Waals surface area contributed by atoms with Crippen molar-refractivity contribution in [1.29, 1.82) is 0 Å². The number of sulfonamides is 1. The molecule has 114 valence electrons. The molecular formula is C15H20N2O3S. The van der Waals surface area contributed by atoms with Crippen molar-refractivity contribution in [2.24, 2.45) is 0 Å². The summed E-state index contributed by atoms with van der Waals surface area (Å²) in [5.74, 6) is 0. The average molecular weight is 308 g/mol. The molecule has 1 aromatic carbocycles. The van der Waals surface area contributed by atoms with Crippen LogP contribution in [0.1, 0.15) is 25.0 Å². The summed E-state index contributed by atoms with van der Waals surface area (Å²) in [6.07, 6.45) is 3.03. The van der Waals surface area contributed by atoms with Crippen molar-refractivity contribution in [2.75, 3.05) is 0 Å². The number of nitrogens with one attached hydrogen (secondary N) is 2. The molecule has 0 aliphatic carbocycles. The Bertz CT molecular complexity index is 647. The first-order chi connectivity index (χ1) is 9.97. The van der Waals surface area contributed by atoms with E-state index in [0.717, 1.165) is 17.7 Å². The van der Waals surface area contributed by atoms with Crippen molar-refractivity contribution in [3.05, 3.63) is 54.0 Å². The summed E-state index contributed by atoms with van der Waals surface area (Å²) in [5, 5.41) is 3.29. The van der Waals surface area contributed by atoms with Gasteiger partial charge in [0.25, 0.3) is 0 Å². The van der Waals surface area contributed by atoms with E-state index in [4.69, 9.17) is 4.42 Å². The van der Waals surface area contributed by atoms with Gasteiger partial charge in [-0.1, -0.05) is 26.0 Å². The second kappa shape index (κ2) is 6.89. The molecule has 0 spiro atoms. The summed E-state index contributed by atoms with van der Waals surface area (Å²) < 4.78 is 31.7. The van der Waals surface area contributed by atoms with E-state index in [1.54, 1.807) is 18.2 Å². The quantitative estimate of drug-likeness (QED) is 0.823. The predicted molar refractivity (Wildman–Crippen MR) is 81.2 cm³/mol. The van der Waals surface area contributed by atoms with Crippen molar-refractivity contribution in [3.63, 3.8) is 0 Å². The second-order valence-electron chi connectivity index (χ2n) is 5.14. The van der Waals surface area contributed by atoms with Crippen LogP contribution in [0.3, 0.4) is 0 Å². The summed E-state index contributed by atoms with van der Waals surface area (Å²) in [7, 11) is -3.50. The molecule has 2 aromatic rings.